The molecule has 0 unspecified atom stereocenters. The Morgan fingerprint density at radius 2 is 2.07 bits per heavy atom. The van der Waals surface area contributed by atoms with E-state index >= 15 is 0 Å². The summed E-state index contributed by atoms with van der Waals surface area (Å²) >= 11 is 0. The summed E-state index contributed by atoms with van der Waals surface area (Å²) in [4.78, 5) is 22.8. The molecule has 3 bridgehead atoms. The van der Waals surface area contributed by atoms with Crippen LogP contribution in [0.2, 0.25) is 0 Å². The van der Waals surface area contributed by atoms with Crippen LogP contribution >= 0.6 is 0 Å². The molecule has 0 N–H and O–H groups in total. The Hall–Kier alpha value is -0.860. The summed E-state index contributed by atoms with van der Waals surface area (Å²) in [5.41, 5.74) is -0.268. The second kappa shape index (κ2) is 2.83. The van der Waals surface area contributed by atoms with Crippen LogP contribution in [-0.4, -0.2) is 17.4 Å². The highest BCUT2D eigenvalue weighted by Gasteiger charge is 2.57. The van der Waals surface area contributed by atoms with E-state index in [0.29, 0.717) is 17.6 Å². The minimum atomic E-state index is -0.268. The average molecular weight is 208 g/mol. The van der Waals surface area contributed by atoms with Crippen molar-refractivity contribution in [2.45, 2.75) is 44.6 Å². The number of fused-ring (bicyclic) bond motifs is 2. The summed E-state index contributed by atoms with van der Waals surface area (Å²) in [7, 11) is 0. The lowest BCUT2D eigenvalue weighted by atomic mass is 9.70. The van der Waals surface area contributed by atoms with Gasteiger partial charge in [0.1, 0.15) is 11.4 Å². The van der Waals surface area contributed by atoms with Crippen LogP contribution in [0, 0.1) is 17.8 Å². The zero-order valence-electron chi connectivity index (χ0n) is 8.99. The highest BCUT2D eigenvalue weighted by molar-refractivity contribution is 5.83. The summed E-state index contributed by atoms with van der Waals surface area (Å²) in [5.74, 6) is 1.53. The van der Waals surface area contributed by atoms with E-state index in [1.807, 2.05) is 0 Å². The Labute approximate surface area is 89.2 Å². The molecule has 0 radical (unpaired) electrons. The molecule has 0 aromatic carbocycles. The first-order valence-corrected chi connectivity index (χ1v) is 5.80. The minimum Gasteiger partial charge on any atom is -0.459 e. The van der Waals surface area contributed by atoms with Gasteiger partial charge in [0, 0.05) is 19.3 Å². The highest BCUT2D eigenvalue weighted by atomic mass is 16.6. The SMILES string of the molecule is CC(=O)O[C@]12C[C@@H]3C[C@H](C1)[C@H](CC3=O)C2. The number of hydrogen-bond donors (Lipinski definition) is 0. The Bertz CT molecular complexity index is 336. The quantitative estimate of drug-likeness (QED) is 0.616. The van der Waals surface area contributed by atoms with Gasteiger partial charge in [-0.15, -0.1) is 0 Å². The van der Waals surface area contributed by atoms with Crippen molar-refractivity contribution in [3.05, 3.63) is 0 Å². The molecule has 3 saturated carbocycles. The van der Waals surface area contributed by atoms with E-state index in [1.165, 1.54) is 6.92 Å². The Kier molecular flexibility index (Phi) is 1.77. The fourth-order valence-corrected chi connectivity index (χ4v) is 4.05. The molecule has 4 atom stereocenters. The first kappa shape index (κ1) is 9.37. The average Bonchev–Trinajstić information content (AvgIpc) is 2.29. The number of carbonyl (C=O) groups is 2. The lowest BCUT2D eigenvalue weighted by Gasteiger charge is -2.37. The zero-order chi connectivity index (χ0) is 10.6. The summed E-state index contributed by atoms with van der Waals surface area (Å²) < 4.78 is 5.51. The standard InChI is InChI=1S/C12H16O3/c1-7(13)15-12-4-8-2-10(6-12)11(14)3-9(8)5-12/h8-10H,2-6H2,1H3/t8-,9-,10+,12-/m1/s1. The van der Waals surface area contributed by atoms with Crippen LogP contribution in [0.4, 0.5) is 0 Å². The number of Topliss-reactive ketones (excluding diaryl/α,β-unsaturated/α-hetero) is 1. The van der Waals surface area contributed by atoms with Gasteiger partial charge in [0.15, 0.2) is 0 Å². The van der Waals surface area contributed by atoms with Crippen LogP contribution in [0.15, 0.2) is 0 Å². The maximum absolute atomic E-state index is 11.7. The maximum atomic E-state index is 11.7. The molecule has 0 saturated heterocycles. The molecule has 0 heterocycles. The molecule has 0 aromatic heterocycles. The molecule has 0 aromatic rings. The third kappa shape index (κ3) is 1.32. The molecular weight excluding hydrogens is 192 g/mol. The van der Waals surface area contributed by atoms with E-state index in [0.717, 1.165) is 32.1 Å². The third-order valence-electron chi connectivity index (χ3n) is 4.42. The molecule has 15 heavy (non-hydrogen) atoms. The topological polar surface area (TPSA) is 43.4 Å². The lowest BCUT2D eigenvalue weighted by Crippen LogP contribution is -2.40. The van der Waals surface area contributed by atoms with Gasteiger partial charge in [-0.3, -0.25) is 9.59 Å². The molecule has 0 spiro atoms. The number of rotatable bonds is 1. The van der Waals surface area contributed by atoms with Gasteiger partial charge in [0.25, 0.3) is 0 Å². The summed E-state index contributed by atoms with van der Waals surface area (Å²) in [6, 6.07) is 0. The summed E-state index contributed by atoms with van der Waals surface area (Å²) in [6.45, 7) is 1.47. The van der Waals surface area contributed by atoms with Crippen LogP contribution in [0.5, 0.6) is 0 Å². The normalized spacial score (nSPS) is 47.0. The Morgan fingerprint density at radius 3 is 2.80 bits per heavy atom. The minimum absolute atomic E-state index is 0.182. The second-order valence-electron chi connectivity index (χ2n) is 5.51. The molecule has 82 valence electrons. The van der Waals surface area contributed by atoms with Crippen LogP contribution in [0.3, 0.4) is 0 Å². The van der Waals surface area contributed by atoms with Gasteiger partial charge in [0.2, 0.25) is 0 Å². The molecule has 3 aliphatic carbocycles. The van der Waals surface area contributed by atoms with Gasteiger partial charge < -0.3 is 4.74 Å². The van der Waals surface area contributed by atoms with Crippen LogP contribution in [0.1, 0.15) is 39.0 Å². The first-order chi connectivity index (χ1) is 7.08. The largest absolute Gasteiger partial charge is 0.459 e. The van der Waals surface area contributed by atoms with E-state index in [-0.39, 0.29) is 17.5 Å². The lowest BCUT2D eigenvalue weighted by molar-refractivity contribution is -0.161. The van der Waals surface area contributed by atoms with Crippen molar-refractivity contribution in [3.8, 4) is 0 Å². The van der Waals surface area contributed by atoms with Crippen LogP contribution < -0.4 is 0 Å². The van der Waals surface area contributed by atoms with Gasteiger partial charge in [-0.1, -0.05) is 0 Å². The van der Waals surface area contributed by atoms with E-state index in [1.54, 1.807) is 0 Å². The van der Waals surface area contributed by atoms with Crippen molar-refractivity contribution in [3.63, 3.8) is 0 Å². The van der Waals surface area contributed by atoms with Crippen molar-refractivity contribution < 1.29 is 14.3 Å². The molecule has 3 heteroatoms. The Morgan fingerprint density at radius 1 is 1.33 bits per heavy atom. The molecule has 3 fully saturated rings. The maximum Gasteiger partial charge on any atom is 0.303 e. The fourth-order valence-electron chi connectivity index (χ4n) is 4.05. The first-order valence-electron chi connectivity index (χ1n) is 5.80. The van der Waals surface area contributed by atoms with Crippen LogP contribution in [-0.2, 0) is 14.3 Å². The number of hydrogen-bond acceptors (Lipinski definition) is 3. The summed E-state index contributed by atoms with van der Waals surface area (Å²) in [6.07, 6.45) is 4.50. The van der Waals surface area contributed by atoms with E-state index in [9.17, 15) is 9.59 Å². The second-order valence-corrected chi connectivity index (χ2v) is 5.51. The van der Waals surface area contributed by atoms with Crippen molar-refractivity contribution in [1.82, 2.24) is 0 Å². The van der Waals surface area contributed by atoms with Crippen molar-refractivity contribution in [1.29, 1.82) is 0 Å². The predicted octanol–water partition coefficient (Wildman–Crippen LogP) is 1.70. The third-order valence-corrected chi connectivity index (χ3v) is 4.42. The van der Waals surface area contributed by atoms with Gasteiger partial charge >= 0.3 is 5.97 Å². The van der Waals surface area contributed by atoms with Gasteiger partial charge in [-0.2, -0.15) is 0 Å². The molecule has 0 amide bonds. The van der Waals surface area contributed by atoms with Crippen molar-refractivity contribution in [2.75, 3.05) is 0 Å². The number of esters is 1. The molecule has 3 nitrogen and oxygen atoms in total. The van der Waals surface area contributed by atoms with Gasteiger partial charge in [-0.05, 0) is 37.5 Å². The number of ketones is 1. The Balaban J connectivity index is 1.89. The number of carbonyl (C=O) groups excluding carboxylic acids is 2. The number of ether oxygens (including phenoxy) is 1. The highest BCUT2D eigenvalue weighted by Crippen LogP contribution is 2.57. The molecule has 3 rings (SSSR count). The predicted molar refractivity (Wildman–Crippen MR) is 53.1 cm³/mol. The van der Waals surface area contributed by atoms with E-state index < -0.39 is 0 Å². The van der Waals surface area contributed by atoms with E-state index in [2.05, 4.69) is 0 Å². The smallest absolute Gasteiger partial charge is 0.303 e. The van der Waals surface area contributed by atoms with Crippen LogP contribution in [0.25, 0.3) is 0 Å². The summed E-state index contributed by atoms with van der Waals surface area (Å²) in [5, 5.41) is 0. The molecule has 3 aliphatic rings. The monoisotopic (exact) mass is 208 g/mol. The van der Waals surface area contributed by atoms with Crippen molar-refractivity contribution >= 4 is 11.8 Å². The zero-order valence-corrected chi connectivity index (χ0v) is 8.99. The van der Waals surface area contributed by atoms with E-state index in [4.69, 9.17) is 4.74 Å². The van der Waals surface area contributed by atoms with Crippen molar-refractivity contribution in [2.24, 2.45) is 17.8 Å². The molecule has 0 aliphatic heterocycles. The fraction of sp³-hybridized carbons (Fsp3) is 0.833. The van der Waals surface area contributed by atoms with Gasteiger partial charge in [-0.25, -0.2) is 0 Å². The van der Waals surface area contributed by atoms with Gasteiger partial charge in [0.05, 0.1) is 0 Å². The molecular formula is C12H16O3.